The zero-order valence-corrected chi connectivity index (χ0v) is 12.1. The summed E-state index contributed by atoms with van der Waals surface area (Å²) in [4.78, 5) is 2.73. The van der Waals surface area contributed by atoms with Crippen molar-refractivity contribution in [3.63, 3.8) is 0 Å². The van der Waals surface area contributed by atoms with Crippen LogP contribution in [0.2, 0.25) is 0 Å². The number of thioether (sulfide) groups is 2. The van der Waals surface area contributed by atoms with Gasteiger partial charge in [-0.15, -0.1) is 0 Å². The van der Waals surface area contributed by atoms with Gasteiger partial charge in [-0.3, -0.25) is 4.90 Å². The van der Waals surface area contributed by atoms with E-state index in [1.165, 1.54) is 43.4 Å². The molecule has 2 heterocycles. The zero-order chi connectivity index (χ0) is 11.4. The van der Waals surface area contributed by atoms with Gasteiger partial charge in [-0.25, -0.2) is 0 Å². The van der Waals surface area contributed by atoms with Gasteiger partial charge in [-0.2, -0.15) is 23.5 Å². The fraction of sp³-hybridized carbons (Fsp3) is 1.00. The van der Waals surface area contributed by atoms with Gasteiger partial charge in [0.25, 0.3) is 0 Å². The minimum absolute atomic E-state index is 0.751. The average Bonchev–Trinajstić information content (AvgIpc) is 2.31. The maximum atomic E-state index is 3.53. The highest BCUT2D eigenvalue weighted by molar-refractivity contribution is 8.06. The first-order valence-electron chi connectivity index (χ1n) is 6.41. The van der Waals surface area contributed by atoms with Crippen molar-refractivity contribution in [1.82, 2.24) is 10.2 Å². The number of nitrogens with one attached hydrogen (secondary N) is 1. The molecule has 2 aliphatic heterocycles. The lowest BCUT2D eigenvalue weighted by Gasteiger charge is -2.40. The van der Waals surface area contributed by atoms with Crippen LogP contribution in [-0.2, 0) is 0 Å². The highest BCUT2D eigenvalue weighted by atomic mass is 32.2. The molecule has 0 aromatic heterocycles. The van der Waals surface area contributed by atoms with Crippen LogP contribution in [0.1, 0.15) is 13.8 Å². The lowest BCUT2D eigenvalue weighted by Crippen LogP contribution is -2.55. The van der Waals surface area contributed by atoms with Gasteiger partial charge in [0.2, 0.25) is 0 Å². The number of piperazine rings is 1. The Morgan fingerprint density at radius 1 is 1.38 bits per heavy atom. The topological polar surface area (TPSA) is 15.3 Å². The first-order chi connectivity index (χ1) is 7.77. The fourth-order valence-electron chi connectivity index (χ4n) is 2.56. The summed E-state index contributed by atoms with van der Waals surface area (Å²) in [5, 5.41) is 4.40. The SMILES string of the molecule is CC(C)C1CNCCN1CC1CSCCS1. The third kappa shape index (κ3) is 3.56. The molecule has 2 atom stereocenters. The summed E-state index contributed by atoms with van der Waals surface area (Å²) in [6.07, 6.45) is 0. The van der Waals surface area contributed by atoms with Gasteiger partial charge in [0.1, 0.15) is 0 Å². The molecule has 4 heteroatoms. The van der Waals surface area contributed by atoms with Crippen LogP contribution in [-0.4, -0.2) is 59.6 Å². The minimum atomic E-state index is 0.751. The Labute approximate surface area is 108 Å². The second-order valence-electron chi connectivity index (χ2n) is 5.08. The minimum Gasteiger partial charge on any atom is -0.314 e. The number of rotatable bonds is 3. The molecule has 2 rings (SSSR count). The first-order valence-corrected chi connectivity index (χ1v) is 8.62. The van der Waals surface area contributed by atoms with E-state index in [-0.39, 0.29) is 0 Å². The lowest BCUT2D eigenvalue weighted by atomic mass is 10.0. The normalized spacial score (nSPS) is 33.2. The summed E-state index contributed by atoms with van der Waals surface area (Å²) in [5.41, 5.74) is 0. The smallest absolute Gasteiger partial charge is 0.0265 e. The molecule has 2 nitrogen and oxygen atoms in total. The second-order valence-corrected chi connectivity index (χ2v) is 7.64. The first kappa shape index (κ1) is 13.1. The van der Waals surface area contributed by atoms with Crippen molar-refractivity contribution in [2.24, 2.45) is 5.92 Å². The molecule has 0 spiro atoms. The van der Waals surface area contributed by atoms with Crippen molar-refractivity contribution >= 4 is 23.5 Å². The van der Waals surface area contributed by atoms with Crippen LogP contribution in [0.4, 0.5) is 0 Å². The maximum Gasteiger partial charge on any atom is 0.0265 e. The molecule has 16 heavy (non-hydrogen) atoms. The Morgan fingerprint density at radius 3 is 2.94 bits per heavy atom. The predicted octanol–water partition coefficient (Wildman–Crippen LogP) is 1.76. The Balaban J connectivity index is 1.85. The van der Waals surface area contributed by atoms with Crippen molar-refractivity contribution in [2.75, 3.05) is 43.4 Å². The summed E-state index contributed by atoms with van der Waals surface area (Å²) in [6, 6.07) is 0.751. The average molecular weight is 260 g/mol. The Kier molecular flexibility index (Phi) is 5.33. The van der Waals surface area contributed by atoms with Gasteiger partial charge < -0.3 is 5.32 Å². The molecule has 2 saturated heterocycles. The van der Waals surface area contributed by atoms with E-state index >= 15 is 0 Å². The van der Waals surface area contributed by atoms with E-state index in [2.05, 4.69) is 47.6 Å². The number of nitrogens with zero attached hydrogens (tertiary/aromatic N) is 1. The molecular weight excluding hydrogens is 236 g/mol. The molecule has 0 amide bonds. The van der Waals surface area contributed by atoms with E-state index in [1.54, 1.807) is 0 Å². The third-order valence-electron chi connectivity index (χ3n) is 3.49. The molecule has 0 aliphatic carbocycles. The highest BCUT2D eigenvalue weighted by Gasteiger charge is 2.27. The van der Waals surface area contributed by atoms with Crippen LogP contribution in [0.5, 0.6) is 0 Å². The molecule has 0 saturated carbocycles. The van der Waals surface area contributed by atoms with E-state index in [1.807, 2.05) is 0 Å². The molecule has 2 aliphatic rings. The highest BCUT2D eigenvalue weighted by Crippen LogP contribution is 2.26. The quantitative estimate of drug-likeness (QED) is 0.831. The van der Waals surface area contributed by atoms with Crippen LogP contribution in [0.25, 0.3) is 0 Å². The predicted molar refractivity (Wildman–Crippen MR) is 76.6 cm³/mol. The van der Waals surface area contributed by atoms with E-state index < -0.39 is 0 Å². The van der Waals surface area contributed by atoms with Gasteiger partial charge in [-0.1, -0.05) is 13.8 Å². The van der Waals surface area contributed by atoms with Crippen LogP contribution >= 0.6 is 23.5 Å². The standard InChI is InChI=1S/C12H24N2S2/c1-10(2)12-7-13-3-4-14(12)8-11-9-15-5-6-16-11/h10-13H,3-9H2,1-2H3. The monoisotopic (exact) mass is 260 g/mol. The summed E-state index contributed by atoms with van der Waals surface area (Å²) in [7, 11) is 0. The van der Waals surface area contributed by atoms with Crippen LogP contribution < -0.4 is 5.32 Å². The van der Waals surface area contributed by atoms with E-state index in [4.69, 9.17) is 0 Å². The Hall–Kier alpha value is 0.620. The fourth-order valence-corrected chi connectivity index (χ4v) is 5.25. The molecular formula is C12H24N2S2. The van der Waals surface area contributed by atoms with Crippen molar-refractivity contribution in [3.05, 3.63) is 0 Å². The van der Waals surface area contributed by atoms with Gasteiger partial charge in [0.15, 0.2) is 0 Å². The van der Waals surface area contributed by atoms with E-state index in [9.17, 15) is 0 Å². The number of hydrogen-bond acceptors (Lipinski definition) is 4. The maximum absolute atomic E-state index is 3.53. The van der Waals surface area contributed by atoms with Gasteiger partial charge in [-0.05, 0) is 5.92 Å². The van der Waals surface area contributed by atoms with Crippen LogP contribution in [0.3, 0.4) is 0 Å². The van der Waals surface area contributed by atoms with E-state index in [0.717, 1.165) is 17.2 Å². The molecule has 0 radical (unpaired) electrons. The van der Waals surface area contributed by atoms with Crippen molar-refractivity contribution in [3.8, 4) is 0 Å². The summed E-state index contributed by atoms with van der Waals surface area (Å²) in [5.74, 6) is 4.85. The van der Waals surface area contributed by atoms with Crippen LogP contribution in [0.15, 0.2) is 0 Å². The third-order valence-corrected chi connectivity index (χ3v) is 6.32. The van der Waals surface area contributed by atoms with E-state index in [0.29, 0.717) is 0 Å². The molecule has 2 unspecified atom stereocenters. The summed E-state index contributed by atoms with van der Waals surface area (Å²) in [6.45, 7) is 9.61. The molecule has 94 valence electrons. The molecule has 0 bridgehead atoms. The van der Waals surface area contributed by atoms with Gasteiger partial charge in [0.05, 0.1) is 0 Å². The Bertz CT molecular complexity index is 205. The molecule has 1 N–H and O–H groups in total. The largest absolute Gasteiger partial charge is 0.314 e. The second kappa shape index (κ2) is 6.53. The lowest BCUT2D eigenvalue weighted by molar-refractivity contribution is 0.127. The van der Waals surface area contributed by atoms with Crippen molar-refractivity contribution in [2.45, 2.75) is 25.1 Å². The number of hydrogen-bond donors (Lipinski definition) is 1. The van der Waals surface area contributed by atoms with Crippen LogP contribution in [0, 0.1) is 5.92 Å². The summed E-state index contributed by atoms with van der Waals surface area (Å²) >= 11 is 4.33. The summed E-state index contributed by atoms with van der Waals surface area (Å²) < 4.78 is 0. The molecule has 0 aromatic carbocycles. The zero-order valence-electron chi connectivity index (χ0n) is 10.4. The van der Waals surface area contributed by atoms with Crippen molar-refractivity contribution < 1.29 is 0 Å². The molecule has 2 fully saturated rings. The van der Waals surface area contributed by atoms with Gasteiger partial charge >= 0.3 is 0 Å². The van der Waals surface area contributed by atoms with Crippen molar-refractivity contribution in [1.29, 1.82) is 0 Å². The van der Waals surface area contributed by atoms with Gasteiger partial charge in [0, 0.05) is 54.7 Å². The molecule has 0 aromatic rings. The Morgan fingerprint density at radius 2 is 2.25 bits per heavy atom.